The number of aliphatic hydroxyl groups excluding tert-OH is 1. The van der Waals surface area contributed by atoms with Gasteiger partial charge in [-0.2, -0.15) is 5.10 Å². The first-order valence-corrected chi connectivity index (χ1v) is 7.68. The number of aromatic amines is 1. The number of hydrogen-bond acceptors (Lipinski definition) is 6. The van der Waals surface area contributed by atoms with Gasteiger partial charge in [0.2, 0.25) is 5.28 Å². The molecule has 3 rings (SSSR count). The quantitative estimate of drug-likeness (QED) is 0.719. The topological polar surface area (TPSA) is 95.9 Å². The predicted molar refractivity (Wildman–Crippen MR) is 82.0 cm³/mol. The molecule has 0 aliphatic carbocycles. The van der Waals surface area contributed by atoms with Crippen molar-refractivity contribution in [1.29, 1.82) is 0 Å². The molecule has 0 unspecified atom stereocenters. The second-order valence-electron chi connectivity index (χ2n) is 5.15. The molecule has 0 amide bonds. The Balaban J connectivity index is 1.86. The van der Waals surface area contributed by atoms with Crippen LogP contribution in [0.5, 0.6) is 5.75 Å². The SMILES string of the molecule is OCCOc1cnc(Cl)nc1-c1cc(C2CCNCC2)n[nH]1. The van der Waals surface area contributed by atoms with E-state index in [1.165, 1.54) is 6.20 Å². The number of aliphatic hydroxyl groups is 1. The van der Waals surface area contributed by atoms with E-state index in [9.17, 15) is 0 Å². The molecule has 0 bridgehead atoms. The number of piperidine rings is 1. The van der Waals surface area contributed by atoms with Crippen LogP contribution in [0.15, 0.2) is 12.3 Å². The van der Waals surface area contributed by atoms with Crippen molar-refractivity contribution in [3.05, 3.63) is 23.2 Å². The van der Waals surface area contributed by atoms with Crippen molar-refractivity contribution >= 4 is 11.6 Å². The van der Waals surface area contributed by atoms with E-state index in [-0.39, 0.29) is 18.5 Å². The van der Waals surface area contributed by atoms with E-state index >= 15 is 0 Å². The fourth-order valence-electron chi connectivity index (χ4n) is 2.59. The lowest BCUT2D eigenvalue weighted by Gasteiger charge is -2.20. The molecule has 1 saturated heterocycles. The van der Waals surface area contributed by atoms with E-state index in [4.69, 9.17) is 21.4 Å². The molecule has 0 spiro atoms. The molecule has 0 aromatic carbocycles. The van der Waals surface area contributed by atoms with Crippen LogP contribution in [0.4, 0.5) is 0 Å². The summed E-state index contributed by atoms with van der Waals surface area (Å²) < 4.78 is 5.46. The van der Waals surface area contributed by atoms with Gasteiger partial charge in [-0.1, -0.05) is 0 Å². The smallest absolute Gasteiger partial charge is 0.223 e. The molecule has 1 fully saturated rings. The van der Waals surface area contributed by atoms with Crippen molar-refractivity contribution in [2.45, 2.75) is 18.8 Å². The van der Waals surface area contributed by atoms with Gasteiger partial charge in [0.05, 0.1) is 24.2 Å². The van der Waals surface area contributed by atoms with Crippen LogP contribution in [0.25, 0.3) is 11.4 Å². The zero-order valence-electron chi connectivity index (χ0n) is 12.0. The Hall–Kier alpha value is -1.70. The molecule has 3 N–H and O–H groups in total. The molecule has 0 saturated carbocycles. The highest BCUT2D eigenvalue weighted by Crippen LogP contribution is 2.31. The first kappa shape index (κ1) is 15.2. The second-order valence-corrected chi connectivity index (χ2v) is 5.49. The predicted octanol–water partition coefficient (Wildman–Crippen LogP) is 1.36. The molecule has 22 heavy (non-hydrogen) atoms. The molecule has 1 aliphatic heterocycles. The fourth-order valence-corrected chi connectivity index (χ4v) is 2.72. The molecule has 0 radical (unpaired) electrons. The van der Waals surface area contributed by atoms with Crippen LogP contribution in [0.3, 0.4) is 0 Å². The van der Waals surface area contributed by atoms with E-state index in [1.807, 2.05) is 6.07 Å². The summed E-state index contributed by atoms with van der Waals surface area (Å²) in [4.78, 5) is 8.14. The Morgan fingerprint density at radius 2 is 2.18 bits per heavy atom. The van der Waals surface area contributed by atoms with E-state index in [2.05, 4.69) is 25.5 Å². The van der Waals surface area contributed by atoms with Gasteiger partial charge in [0.25, 0.3) is 0 Å². The third-order valence-corrected chi connectivity index (χ3v) is 3.87. The first-order chi connectivity index (χ1) is 10.8. The second kappa shape index (κ2) is 7.04. The van der Waals surface area contributed by atoms with Gasteiger partial charge in [-0.05, 0) is 43.6 Å². The molecule has 8 heteroatoms. The lowest BCUT2D eigenvalue weighted by atomic mass is 9.94. The van der Waals surface area contributed by atoms with Crippen molar-refractivity contribution in [2.24, 2.45) is 0 Å². The number of aromatic nitrogens is 4. The Morgan fingerprint density at radius 3 is 2.95 bits per heavy atom. The van der Waals surface area contributed by atoms with Gasteiger partial charge in [-0.15, -0.1) is 0 Å². The summed E-state index contributed by atoms with van der Waals surface area (Å²) in [5.41, 5.74) is 2.33. The highest BCUT2D eigenvalue weighted by Gasteiger charge is 2.20. The number of ether oxygens (including phenoxy) is 1. The van der Waals surface area contributed by atoms with E-state index in [0.717, 1.165) is 37.3 Å². The molecule has 2 aromatic rings. The summed E-state index contributed by atoms with van der Waals surface area (Å²) >= 11 is 5.89. The number of rotatable bonds is 5. The normalized spacial score (nSPS) is 15.9. The van der Waals surface area contributed by atoms with Crippen molar-refractivity contribution < 1.29 is 9.84 Å². The van der Waals surface area contributed by atoms with Crippen molar-refractivity contribution in [2.75, 3.05) is 26.3 Å². The van der Waals surface area contributed by atoms with Gasteiger partial charge in [0.15, 0.2) is 5.75 Å². The maximum atomic E-state index is 8.90. The number of H-pyrrole nitrogens is 1. The van der Waals surface area contributed by atoms with Gasteiger partial charge >= 0.3 is 0 Å². The third kappa shape index (κ3) is 3.37. The standard InChI is InChI=1S/C14H18ClN5O2/c15-14-17-8-12(22-6-5-21)13(18-14)11-7-10(19-20-11)9-1-3-16-4-2-9/h7-9,16,21H,1-6H2,(H,19,20). The van der Waals surface area contributed by atoms with Crippen LogP contribution in [-0.2, 0) is 0 Å². The van der Waals surface area contributed by atoms with Crippen LogP contribution in [0, 0.1) is 0 Å². The molecular weight excluding hydrogens is 306 g/mol. The summed E-state index contributed by atoms with van der Waals surface area (Å²) in [6, 6.07) is 1.99. The van der Waals surface area contributed by atoms with E-state index in [0.29, 0.717) is 17.4 Å². The lowest BCUT2D eigenvalue weighted by Crippen LogP contribution is -2.26. The Bertz CT molecular complexity index is 627. The van der Waals surface area contributed by atoms with Gasteiger partial charge in [-0.25, -0.2) is 9.97 Å². The summed E-state index contributed by atoms with van der Waals surface area (Å²) in [7, 11) is 0. The zero-order chi connectivity index (χ0) is 15.4. The van der Waals surface area contributed by atoms with Crippen LogP contribution >= 0.6 is 11.6 Å². The minimum absolute atomic E-state index is 0.0780. The lowest BCUT2D eigenvalue weighted by molar-refractivity contribution is 0.201. The Labute approximate surface area is 133 Å². The average molecular weight is 324 g/mol. The van der Waals surface area contributed by atoms with E-state index < -0.39 is 0 Å². The minimum Gasteiger partial charge on any atom is -0.487 e. The first-order valence-electron chi connectivity index (χ1n) is 7.30. The third-order valence-electron chi connectivity index (χ3n) is 3.68. The fraction of sp³-hybridized carbons (Fsp3) is 0.500. The molecule has 3 heterocycles. The molecule has 118 valence electrons. The molecule has 2 aromatic heterocycles. The van der Waals surface area contributed by atoms with Gasteiger partial charge in [0, 0.05) is 5.92 Å². The van der Waals surface area contributed by atoms with Crippen molar-refractivity contribution in [3.63, 3.8) is 0 Å². The highest BCUT2D eigenvalue weighted by atomic mass is 35.5. The Kier molecular flexibility index (Phi) is 4.87. The summed E-state index contributed by atoms with van der Waals surface area (Å²) in [5.74, 6) is 0.921. The van der Waals surface area contributed by atoms with Crippen LogP contribution < -0.4 is 10.1 Å². The molecule has 0 atom stereocenters. The Morgan fingerprint density at radius 1 is 1.36 bits per heavy atom. The van der Waals surface area contributed by atoms with Gasteiger partial charge in [-0.3, -0.25) is 5.10 Å². The van der Waals surface area contributed by atoms with E-state index in [1.54, 1.807) is 0 Å². The number of hydrogen-bond donors (Lipinski definition) is 3. The zero-order valence-corrected chi connectivity index (χ0v) is 12.8. The molecule has 7 nitrogen and oxygen atoms in total. The molecular formula is C14H18ClN5O2. The van der Waals surface area contributed by atoms with Crippen LogP contribution in [-0.4, -0.2) is 51.6 Å². The minimum atomic E-state index is -0.0780. The number of nitrogens with zero attached hydrogens (tertiary/aromatic N) is 3. The van der Waals surface area contributed by atoms with Crippen molar-refractivity contribution in [3.8, 4) is 17.1 Å². The summed E-state index contributed by atoms with van der Waals surface area (Å²) in [6.07, 6.45) is 3.65. The van der Waals surface area contributed by atoms with Gasteiger partial charge < -0.3 is 15.2 Å². The largest absolute Gasteiger partial charge is 0.487 e. The highest BCUT2D eigenvalue weighted by molar-refractivity contribution is 6.28. The van der Waals surface area contributed by atoms with Crippen molar-refractivity contribution in [1.82, 2.24) is 25.5 Å². The number of nitrogens with one attached hydrogen (secondary N) is 2. The van der Waals surface area contributed by atoms with Gasteiger partial charge in [0.1, 0.15) is 12.3 Å². The van der Waals surface area contributed by atoms with Crippen LogP contribution in [0.1, 0.15) is 24.5 Å². The summed E-state index contributed by atoms with van der Waals surface area (Å²) in [6.45, 7) is 2.12. The molecule has 1 aliphatic rings. The maximum Gasteiger partial charge on any atom is 0.223 e. The number of halogens is 1. The van der Waals surface area contributed by atoms with Crippen LogP contribution in [0.2, 0.25) is 5.28 Å². The monoisotopic (exact) mass is 323 g/mol. The maximum absolute atomic E-state index is 8.90. The average Bonchev–Trinajstić information content (AvgIpc) is 3.04. The summed E-state index contributed by atoms with van der Waals surface area (Å²) in [5, 5.41) is 19.8.